The zero-order valence-electron chi connectivity index (χ0n) is 19.0. The highest BCUT2D eigenvalue weighted by atomic mass is 16.1. The van der Waals surface area contributed by atoms with Crippen molar-refractivity contribution >= 4 is 17.3 Å². The van der Waals surface area contributed by atoms with Crippen LogP contribution in [0.4, 0.5) is 0 Å². The fourth-order valence-electron chi connectivity index (χ4n) is 4.10. The molecule has 0 saturated heterocycles. The second-order valence-electron chi connectivity index (χ2n) is 8.89. The number of aromatic nitrogens is 2. The van der Waals surface area contributed by atoms with Gasteiger partial charge >= 0.3 is 0 Å². The Morgan fingerprint density at radius 3 is 2.27 bits per heavy atom. The van der Waals surface area contributed by atoms with Crippen molar-refractivity contribution in [2.75, 3.05) is 0 Å². The maximum Gasteiger partial charge on any atom is 0.220 e. The van der Waals surface area contributed by atoms with Crippen LogP contribution in [0.1, 0.15) is 47.8 Å². The standard InChI is InChI=1S/C28H27N3O2/c1-18-3-5-22(6-4-18)28-25(14-16-27(33)29-24-12-13-24)31-17-23(11-15-26(31)30-28)21-9-7-20(8-10-21)19(2)32/h3-11,15,17,24H,12-14,16H2,1-2H3,(H,29,33). The van der Waals surface area contributed by atoms with Crippen LogP contribution in [0.3, 0.4) is 0 Å². The Hall–Kier alpha value is -3.73. The maximum atomic E-state index is 12.4. The summed E-state index contributed by atoms with van der Waals surface area (Å²) in [6.07, 6.45) is 5.29. The van der Waals surface area contributed by atoms with Crippen molar-refractivity contribution in [2.45, 2.75) is 45.6 Å². The van der Waals surface area contributed by atoms with Crippen molar-refractivity contribution in [2.24, 2.45) is 0 Å². The number of carbonyl (C=O) groups excluding carboxylic acids is 2. The highest BCUT2D eigenvalue weighted by Gasteiger charge is 2.23. The lowest BCUT2D eigenvalue weighted by Gasteiger charge is -2.09. The highest BCUT2D eigenvalue weighted by Crippen LogP contribution is 2.29. The first-order chi connectivity index (χ1) is 16.0. The molecule has 166 valence electrons. The number of ketones is 1. The smallest absolute Gasteiger partial charge is 0.220 e. The third-order valence-corrected chi connectivity index (χ3v) is 6.20. The van der Waals surface area contributed by atoms with Crippen LogP contribution in [0.2, 0.25) is 0 Å². The molecule has 2 aromatic carbocycles. The largest absolute Gasteiger partial charge is 0.353 e. The molecule has 0 atom stereocenters. The van der Waals surface area contributed by atoms with Gasteiger partial charge in [0, 0.05) is 29.8 Å². The Morgan fingerprint density at radius 2 is 1.61 bits per heavy atom. The van der Waals surface area contributed by atoms with Gasteiger partial charge in [0.1, 0.15) is 5.65 Å². The number of benzene rings is 2. The van der Waals surface area contributed by atoms with Crippen LogP contribution in [-0.4, -0.2) is 27.1 Å². The summed E-state index contributed by atoms with van der Waals surface area (Å²) in [4.78, 5) is 29.0. The number of amides is 1. The van der Waals surface area contributed by atoms with E-state index in [-0.39, 0.29) is 11.7 Å². The number of nitrogens with one attached hydrogen (secondary N) is 1. The monoisotopic (exact) mass is 437 g/mol. The number of carbonyl (C=O) groups is 2. The van der Waals surface area contributed by atoms with Gasteiger partial charge in [-0.1, -0.05) is 54.1 Å². The van der Waals surface area contributed by atoms with Gasteiger partial charge in [-0.2, -0.15) is 0 Å². The van der Waals surface area contributed by atoms with E-state index in [4.69, 9.17) is 4.98 Å². The second-order valence-corrected chi connectivity index (χ2v) is 8.89. The van der Waals surface area contributed by atoms with Crippen LogP contribution in [0.25, 0.3) is 28.0 Å². The molecule has 1 saturated carbocycles. The number of imidazole rings is 1. The molecule has 1 N–H and O–H groups in total. The van der Waals surface area contributed by atoms with Crippen molar-refractivity contribution in [3.05, 3.63) is 83.7 Å². The number of hydrogen-bond acceptors (Lipinski definition) is 3. The first-order valence-corrected chi connectivity index (χ1v) is 11.5. The summed E-state index contributed by atoms with van der Waals surface area (Å²) in [7, 11) is 0. The van der Waals surface area contributed by atoms with E-state index in [9.17, 15) is 9.59 Å². The van der Waals surface area contributed by atoms with Crippen LogP contribution in [0, 0.1) is 6.92 Å². The van der Waals surface area contributed by atoms with Crippen LogP contribution >= 0.6 is 0 Å². The Balaban J connectivity index is 1.54. The average Bonchev–Trinajstić information content (AvgIpc) is 3.56. The normalized spacial score (nSPS) is 13.3. The third kappa shape index (κ3) is 4.58. The Labute approximate surface area is 193 Å². The first-order valence-electron chi connectivity index (χ1n) is 11.5. The predicted molar refractivity (Wildman–Crippen MR) is 130 cm³/mol. The number of pyridine rings is 1. The molecule has 2 aromatic heterocycles. The minimum absolute atomic E-state index is 0.0566. The van der Waals surface area contributed by atoms with E-state index in [2.05, 4.69) is 47.1 Å². The molecule has 0 unspecified atom stereocenters. The SMILES string of the molecule is CC(=O)c1ccc(-c2ccc3nc(-c4ccc(C)cc4)c(CCC(=O)NC4CC4)n3c2)cc1. The Bertz CT molecular complexity index is 1330. The summed E-state index contributed by atoms with van der Waals surface area (Å²) in [5.41, 5.74) is 7.82. The predicted octanol–water partition coefficient (Wildman–Crippen LogP) is 5.39. The van der Waals surface area contributed by atoms with Crippen molar-refractivity contribution in [1.82, 2.24) is 14.7 Å². The van der Waals surface area contributed by atoms with Gasteiger partial charge in [0.25, 0.3) is 0 Å². The van der Waals surface area contributed by atoms with E-state index < -0.39 is 0 Å². The molecule has 0 bridgehead atoms. The van der Waals surface area contributed by atoms with Crippen LogP contribution in [-0.2, 0) is 11.2 Å². The molecule has 1 aliphatic rings. The highest BCUT2D eigenvalue weighted by molar-refractivity contribution is 5.94. The molecule has 2 heterocycles. The van der Waals surface area contributed by atoms with Gasteiger partial charge in [-0.3, -0.25) is 9.59 Å². The van der Waals surface area contributed by atoms with E-state index in [1.807, 2.05) is 36.4 Å². The quantitative estimate of drug-likeness (QED) is 0.394. The molecule has 1 fully saturated rings. The summed E-state index contributed by atoms with van der Waals surface area (Å²) in [6.45, 7) is 3.64. The van der Waals surface area contributed by atoms with Gasteiger partial charge in [0.05, 0.1) is 11.4 Å². The molecular weight excluding hydrogens is 410 g/mol. The molecule has 0 radical (unpaired) electrons. The summed E-state index contributed by atoms with van der Waals surface area (Å²) in [5.74, 6) is 0.152. The molecule has 5 rings (SSSR count). The number of fused-ring (bicyclic) bond motifs is 1. The lowest BCUT2D eigenvalue weighted by molar-refractivity contribution is -0.121. The fraction of sp³-hybridized carbons (Fsp3) is 0.250. The topological polar surface area (TPSA) is 63.5 Å². The minimum Gasteiger partial charge on any atom is -0.353 e. The molecule has 1 aliphatic carbocycles. The number of rotatable bonds is 7. The second kappa shape index (κ2) is 8.66. The van der Waals surface area contributed by atoms with Crippen LogP contribution < -0.4 is 5.32 Å². The van der Waals surface area contributed by atoms with Crippen LogP contribution in [0.5, 0.6) is 0 Å². The lowest BCUT2D eigenvalue weighted by atomic mass is 10.0. The van der Waals surface area contributed by atoms with Gasteiger partial charge in [-0.25, -0.2) is 4.98 Å². The van der Waals surface area contributed by atoms with E-state index in [1.54, 1.807) is 6.92 Å². The summed E-state index contributed by atoms with van der Waals surface area (Å²) in [5, 5.41) is 3.09. The maximum absolute atomic E-state index is 12.4. The molecule has 0 spiro atoms. The van der Waals surface area contributed by atoms with Crippen molar-refractivity contribution in [3.63, 3.8) is 0 Å². The zero-order chi connectivity index (χ0) is 22.9. The lowest BCUT2D eigenvalue weighted by Crippen LogP contribution is -2.25. The van der Waals surface area contributed by atoms with Gasteiger partial charge in [-0.15, -0.1) is 0 Å². The minimum atomic E-state index is 0.0566. The van der Waals surface area contributed by atoms with E-state index in [0.29, 0.717) is 24.4 Å². The molecule has 0 aliphatic heterocycles. The number of hydrogen-bond donors (Lipinski definition) is 1. The van der Waals surface area contributed by atoms with E-state index in [0.717, 1.165) is 46.6 Å². The molecule has 4 aromatic rings. The average molecular weight is 438 g/mol. The van der Waals surface area contributed by atoms with Crippen molar-refractivity contribution < 1.29 is 9.59 Å². The van der Waals surface area contributed by atoms with E-state index >= 15 is 0 Å². The number of Topliss-reactive ketones (excluding diaryl/α,β-unsaturated/α-hetero) is 1. The number of aryl methyl sites for hydroxylation is 2. The third-order valence-electron chi connectivity index (χ3n) is 6.20. The molecular formula is C28H27N3O2. The fourth-order valence-corrected chi connectivity index (χ4v) is 4.10. The molecule has 33 heavy (non-hydrogen) atoms. The summed E-state index contributed by atoms with van der Waals surface area (Å²) in [6, 6.07) is 20.4. The summed E-state index contributed by atoms with van der Waals surface area (Å²) >= 11 is 0. The van der Waals surface area contributed by atoms with Gasteiger partial charge in [-0.05, 0) is 56.4 Å². The molecule has 1 amide bonds. The first kappa shape index (κ1) is 21.1. The van der Waals surface area contributed by atoms with Gasteiger partial charge in [0.2, 0.25) is 5.91 Å². The number of nitrogens with zero attached hydrogens (tertiary/aromatic N) is 2. The molecule has 5 heteroatoms. The van der Waals surface area contributed by atoms with Gasteiger partial charge < -0.3 is 9.72 Å². The Morgan fingerprint density at radius 1 is 0.939 bits per heavy atom. The molecule has 5 nitrogen and oxygen atoms in total. The van der Waals surface area contributed by atoms with Gasteiger partial charge in [0.15, 0.2) is 5.78 Å². The van der Waals surface area contributed by atoms with Crippen molar-refractivity contribution in [3.8, 4) is 22.4 Å². The summed E-state index contributed by atoms with van der Waals surface area (Å²) < 4.78 is 2.10. The Kier molecular flexibility index (Phi) is 5.55. The van der Waals surface area contributed by atoms with Crippen molar-refractivity contribution in [1.29, 1.82) is 0 Å². The van der Waals surface area contributed by atoms with Crippen LogP contribution in [0.15, 0.2) is 66.9 Å². The zero-order valence-corrected chi connectivity index (χ0v) is 19.0. The van der Waals surface area contributed by atoms with E-state index in [1.165, 1.54) is 5.56 Å².